The zero-order chi connectivity index (χ0) is 13.1. The van der Waals surface area contributed by atoms with E-state index in [9.17, 15) is 0 Å². The van der Waals surface area contributed by atoms with Crippen LogP contribution in [0.25, 0.3) is 0 Å². The highest BCUT2D eigenvalue weighted by Gasteiger charge is 2.09. The number of aryl methyl sites for hydroxylation is 2. The molecular weight excluding hydrogens is 220 g/mol. The van der Waals surface area contributed by atoms with Crippen molar-refractivity contribution in [2.75, 3.05) is 17.2 Å². The van der Waals surface area contributed by atoms with E-state index < -0.39 is 0 Å². The van der Waals surface area contributed by atoms with E-state index in [1.54, 1.807) is 0 Å². The summed E-state index contributed by atoms with van der Waals surface area (Å²) in [6, 6.07) is 14.6. The van der Waals surface area contributed by atoms with Gasteiger partial charge in [-0.15, -0.1) is 0 Å². The Hall–Kier alpha value is -1.96. The van der Waals surface area contributed by atoms with Gasteiger partial charge in [0.15, 0.2) is 0 Å². The highest BCUT2D eigenvalue weighted by Crippen LogP contribution is 2.29. The van der Waals surface area contributed by atoms with E-state index >= 15 is 0 Å². The smallest absolute Gasteiger partial charge is 0.0441 e. The summed E-state index contributed by atoms with van der Waals surface area (Å²) in [6.45, 7) is 7.32. The van der Waals surface area contributed by atoms with Gasteiger partial charge in [0.25, 0.3) is 0 Å². The van der Waals surface area contributed by atoms with Crippen molar-refractivity contribution in [2.24, 2.45) is 0 Å². The van der Waals surface area contributed by atoms with Crippen LogP contribution in [0.1, 0.15) is 18.1 Å². The molecule has 0 aliphatic rings. The van der Waals surface area contributed by atoms with Crippen LogP contribution in [0.4, 0.5) is 17.1 Å². The molecule has 2 aromatic carbocycles. The first kappa shape index (κ1) is 12.5. The number of nitrogen functional groups attached to an aromatic ring is 1. The normalized spacial score (nSPS) is 10.4. The Morgan fingerprint density at radius 1 is 1.06 bits per heavy atom. The zero-order valence-electron chi connectivity index (χ0n) is 11.3. The van der Waals surface area contributed by atoms with Crippen molar-refractivity contribution >= 4 is 17.1 Å². The molecule has 0 saturated heterocycles. The van der Waals surface area contributed by atoms with Crippen LogP contribution in [0, 0.1) is 13.8 Å². The number of hydrogen-bond donors (Lipinski definition) is 1. The van der Waals surface area contributed by atoms with E-state index in [2.05, 4.69) is 56.0 Å². The minimum absolute atomic E-state index is 0.816. The first-order chi connectivity index (χ1) is 8.61. The maximum absolute atomic E-state index is 5.81. The third-order valence-corrected chi connectivity index (χ3v) is 3.14. The van der Waals surface area contributed by atoms with Crippen molar-refractivity contribution in [3.63, 3.8) is 0 Å². The van der Waals surface area contributed by atoms with Crippen molar-refractivity contribution in [1.82, 2.24) is 0 Å². The lowest BCUT2D eigenvalue weighted by molar-refractivity contribution is 1.01. The quantitative estimate of drug-likeness (QED) is 0.820. The Morgan fingerprint density at radius 3 is 2.44 bits per heavy atom. The van der Waals surface area contributed by atoms with Crippen LogP contribution < -0.4 is 10.6 Å². The molecule has 0 heterocycles. The summed E-state index contributed by atoms with van der Waals surface area (Å²) in [6.07, 6.45) is 0. The monoisotopic (exact) mass is 240 g/mol. The Labute approximate surface area is 109 Å². The Bertz CT molecular complexity index is 547. The number of nitrogens with zero attached hydrogens (tertiary/aromatic N) is 1. The maximum Gasteiger partial charge on any atom is 0.0441 e. The molecule has 0 fully saturated rings. The zero-order valence-corrected chi connectivity index (χ0v) is 11.3. The second kappa shape index (κ2) is 5.13. The number of hydrogen-bond acceptors (Lipinski definition) is 2. The predicted molar refractivity (Wildman–Crippen MR) is 79.5 cm³/mol. The van der Waals surface area contributed by atoms with Crippen LogP contribution in [0.2, 0.25) is 0 Å². The Balaban J connectivity index is 2.45. The number of anilines is 3. The van der Waals surface area contributed by atoms with Gasteiger partial charge in [-0.1, -0.05) is 12.1 Å². The fourth-order valence-corrected chi connectivity index (χ4v) is 2.27. The molecule has 2 N–H and O–H groups in total. The van der Waals surface area contributed by atoms with E-state index in [4.69, 9.17) is 5.73 Å². The molecule has 2 rings (SSSR count). The lowest BCUT2D eigenvalue weighted by atomic mass is 10.1. The summed E-state index contributed by atoms with van der Waals surface area (Å²) in [5.41, 5.74) is 11.6. The lowest BCUT2D eigenvalue weighted by Gasteiger charge is -2.25. The molecule has 0 spiro atoms. The Morgan fingerprint density at radius 2 is 1.83 bits per heavy atom. The van der Waals surface area contributed by atoms with Gasteiger partial charge in [0.2, 0.25) is 0 Å². The standard InChI is InChI=1S/C16H20N2/c1-4-18(15-7-5-6-12(2)10-15)16-9-8-14(17)11-13(16)3/h5-11H,4,17H2,1-3H3. The van der Waals surface area contributed by atoms with Crippen LogP contribution in [-0.2, 0) is 0 Å². The SMILES string of the molecule is CCN(c1cccc(C)c1)c1ccc(N)cc1C. The fraction of sp³-hybridized carbons (Fsp3) is 0.250. The summed E-state index contributed by atoms with van der Waals surface area (Å²) in [5.74, 6) is 0. The summed E-state index contributed by atoms with van der Waals surface area (Å²) in [5, 5.41) is 0. The molecule has 0 atom stereocenters. The topological polar surface area (TPSA) is 29.3 Å². The lowest BCUT2D eigenvalue weighted by Crippen LogP contribution is -2.17. The van der Waals surface area contributed by atoms with Crippen molar-refractivity contribution < 1.29 is 0 Å². The van der Waals surface area contributed by atoms with E-state index in [1.165, 1.54) is 22.5 Å². The molecule has 0 aliphatic heterocycles. The second-order valence-corrected chi connectivity index (χ2v) is 4.63. The molecule has 0 bridgehead atoms. The summed E-state index contributed by atoms with van der Waals surface area (Å²) >= 11 is 0. The first-order valence-corrected chi connectivity index (χ1v) is 6.32. The number of benzene rings is 2. The molecule has 94 valence electrons. The van der Waals surface area contributed by atoms with Gasteiger partial charge in [0, 0.05) is 23.6 Å². The minimum atomic E-state index is 0.816. The van der Waals surface area contributed by atoms with Gasteiger partial charge in [-0.2, -0.15) is 0 Å². The van der Waals surface area contributed by atoms with Gasteiger partial charge in [-0.25, -0.2) is 0 Å². The number of rotatable bonds is 3. The molecule has 0 radical (unpaired) electrons. The number of nitrogens with two attached hydrogens (primary N) is 1. The van der Waals surface area contributed by atoms with E-state index in [0.717, 1.165) is 12.2 Å². The molecule has 18 heavy (non-hydrogen) atoms. The first-order valence-electron chi connectivity index (χ1n) is 6.32. The molecule has 2 nitrogen and oxygen atoms in total. The maximum atomic E-state index is 5.81. The summed E-state index contributed by atoms with van der Waals surface area (Å²) < 4.78 is 0. The third kappa shape index (κ3) is 2.48. The van der Waals surface area contributed by atoms with Gasteiger partial charge in [0.05, 0.1) is 0 Å². The fourth-order valence-electron chi connectivity index (χ4n) is 2.27. The molecule has 0 unspecified atom stereocenters. The van der Waals surface area contributed by atoms with Gasteiger partial charge >= 0.3 is 0 Å². The summed E-state index contributed by atoms with van der Waals surface area (Å²) in [4.78, 5) is 2.31. The molecule has 0 aromatic heterocycles. The van der Waals surface area contributed by atoms with Gasteiger partial charge < -0.3 is 10.6 Å². The minimum Gasteiger partial charge on any atom is -0.399 e. The molecule has 0 aliphatic carbocycles. The predicted octanol–water partition coefficient (Wildman–Crippen LogP) is 4.04. The van der Waals surface area contributed by atoms with Gasteiger partial charge in [-0.3, -0.25) is 0 Å². The van der Waals surface area contributed by atoms with Crippen LogP contribution >= 0.6 is 0 Å². The largest absolute Gasteiger partial charge is 0.399 e. The molecule has 0 saturated carbocycles. The van der Waals surface area contributed by atoms with Crippen molar-refractivity contribution in [1.29, 1.82) is 0 Å². The van der Waals surface area contributed by atoms with Crippen molar-refractivity contribution in [3.8, 4) is 0 Å². The molecule has 2 aromatic rings. The van der Waals surface area contributed by atoms with Crippen LogP contribution in [0.5, 0.6) is 0 Å². The van der Waals surface area contributed by atoms with Crippen LogP contribution in [0.3, 0.4) is 0 Å². The average molecular weight is 240 g/mol. The van der Waals surface area contributed by atoms with E-state index in [0.29, 0.717) is 0 Å². The van der Waals surface area contributed by atoms with Gasteiger partial charge in [-0.05, 0) is 62.2 Å². The Kier molecular flexibility index (Phi) is 3.56. The third-order valence-electron chi connectivity index (χ3n) is 3.14. The average Bonchev–Trinajstić information content (AvgIpc) is 2.33. The van der Waals surface area contributed by atoms with Crippen LogP contribution in [-0.4, -0.2) is 6.54 Å². The molecule has 2 heteroatoms. The molecule has 0 amide bonds. The van der Waals surface area contributed by atoms with Crippen molar-refractivity contribution in [2.45, 2.75) is 20.8 Å². The highest BCUT2D eigenvalue weighted by atomic mass is 15.1. The van der Waals surface area contributed by atoms with E-state index in [-0.39, 0.29) is 0 Å². The van der Waals surface area contributed by atoms with Gasteiger partial charge in [0.1, 0.15) is 0 Å². The van der Waals surface area contributed by atoms with E-state index in [1.807, 2.05) is 12.1 Å². The van der Waals surface area contributed by atoms with Crippen LogP contribution in [0.15, 0.2) is 42.5 Å². The second-order valence-electron chi connectivity index (χ2n) is 4.63. The highest BCUT2D eigenvalue weighted by molar-refractivity contribution is 5.68. The molecular formula is C16H20N2. The summed E-state index contributed by atoms with van der Waals surface area (Å²) in [7, 11) is 0. The van der Waals surface area contributed by atoms with Crippen molar-refractivity contribution in [3.05, 3.63) is 53.6 Å².